The summed E-state index contributed by atoms with van der Waals surface area (Å²) in [5.74, 6) is 0.952. The number of aromatic nitrogens is 1. The molecule has 1 saturated carbocycles. The molecule has 1 heterocycles. The number of nitrogens with two attached hydrogens (primary N) is 1. The van der Waals surface area contributed by atoms with Gasteiger partial charge in [0.25, 0.3) is 0 Å². The van der Waals surface area contributed by atoms with Gasteiger partial charge in [0, 0.05) is 12.1 Å². The molecule has 4 nitrogen and oxygen atoms in total. The van der Waals surface area contributed by atoms with Crippen LogP contribution in [0.15, 0.2) is 18.3 Å². The first kappa shape index (κ1) is 12.0. The quantitative estimate of drug-likeness (QED) is 0.804. The van der Waals surface area contributed by atoms with Gasteiger partial charge in [0.05, 0.1) is 7.11 Å². The van der Waals surface area contributed by atoms with Crippen molar-refractivity contribution >= 4 is 5.78 Å². The van der Waals surface area contributed by atoms with Crippen LogP contribution in [0.3, 0.4) is 0 Å². The van der Waals surface area contributed by atoms with Crippen LogP contribution in [-0.2, 0) is 0 Å². The van der Waals surface area contributed by atoms with Crippen molar-refractivity contribution in [2.75, 3.05) is 13.7 Å². The zero-order chi connectivity index (χ0) is 12.3. The first-order valence-electron chi connectivity index (χ1n) is 6.01. The maximum absolute atomic E-state index is 12.4. The molecule has 0 bridgehead atoms. The predicted octanol–water partition coefficient (Wildman–Crippen LogP) is 1.65. The summed E-state index contributed by atoms with van der Waals surface area (Å²) in [5, 5.41) is 0. The summed E-state index contributed by atoms with van der Waals surface area (Å²) in [6, 6.07) is 3.54. The first-order valence-corrected chi connectivity index (χ1v) is 6.01. The molecule has 1 aliphatic rings. The van der Waals surface area contributed by atoms with Crippen molar-refractivity contribution < 1.29 is 9.53 Å². The lowest BCUT2D eigenvalue weighted by molar-refractivity contribution is 0.0884. The van der Waals surface area contributed by atoms with Crippen molar-refractivity contribution in [3.8, 4) is 5.75 Å². The molecule has 0 saturated heterocycles. The summed E-state index contributed by atoms with van der Waals surface area (Å²) < 4.78 is 5.18. The highest BCUT2D eigenvalue weighted by molar-refractivity contribution is 5.98. The molecule has 2 N–H and O–H groups in total. The Bertz CT molecular complexity index is 406. The molecule has 0 spiro atoms. The minimum atomic E-state index is 0.0174. The average molecular weight is 234 g/mol. The number of hydrogen-bond acceptors (Lipinski definition) is 4. The zero-order valence-corrected chi connectivity index (χ0v) is 10.1. The monoisotopic (exact) mass is 234 g/mol. The molecule has 2 rings (SSSR count). The van der Waals surface area contributed by atoms with Crippen molar-refractivity contribution in [1.29, 1.82) is 0 Å². The van der Waals surface area contributed by atoms with E-state index in [1.54, 1.807) is 25.4 Å². The Labute approximate surface area is 101 Å². The third kappa shape index (κ3) is 2.31. The summed E-state index contributed by atoms with van der Waals surface area (Å²) in [7, 11) is 1.56. The summed E-state index contributed by atoms with van der Waals surface area (Å²) in [4.78, 5) is 16.5. The van der Waals surface area contributed by atoms with Crippen LogP contribution >= 0.6 is 0 Å². The maximum Gasteiger partial charge on any atom is 0.188 e. The molecular weight excluding hydrogens is 216 g/mol. The highest BCUT2D eigenvalue weighted by Crippen LogP contribution is 2.34. The van der Waals surface area contributed by atoms with Crippen LogP contribution in [0.25, 0.3) is 0 Å². The third-order valence-electron chi connectivity index (χ3n) is 3.52. The molecule has 1 fully saturated rings. The van der Waals surface area contributed by atoms with E-state index in [1.165, 1.54) is 0 Å². The lowest BCUT2D eigenvalue weighted by atomic mass is 9.90. The summed E-state index contributed by atoms with van der Waals surface area (Å²) >= 11 is 0. The second-order valence-corrected chi connectivity index (χ2v) is 4.45. The number of hydrogen-bond donors (Lipinski definition) is 1. The Hall–Kier alpha value is -1.42. The molecule has 1 aliphatic carbocycles. The van der Waals surface area contributed by atoms with Crippen molar-refractivity contribution in [2.24, 2.45) is 17.6 Å². The lowest BCUT2D eigenvalue weighted by Crippen LogP contribution is -2.26. The van der Waals surface area contributed by atoms with Crippen molar-refractivity contribution in [3.63, 3.8) is 0 Å². The van der Waals surface area contributed by atoms with E-state index in [0.717, 1.165) is 19.3 Å². The molecule has 4 heteroatoms. The highest BCUT2D eigenvalue weighted by Gasteiger charge is 2.34. The number of ether oxygens (including phenoxy) is 1. The van der Waals surface area contributed by atoms with E-state index in [1.807, 2.05) is 0 Å². The zero-order valence-electron chi connectivity index (χ0n) is 10.1. The molecule has 0 amide bonds. The van der Waals surface area contributed by atoms with Crippen LogP contribution in [0.2, 0.25) is 0 Å². The third-order valence-corrected chi connectivity index (χ3v) is 3.52. The van der Waals surface area contributed by atoms with Gasteiger partial charge in [0.1, 0.15) is 11.4 Å². The topological polar surface area (TPSA) is 65.2 Å². The van der Waals surface area contributed by atoms with Gasteiger partial charge in [-0.05, 0) is 37.4 Å². The van der Waals surface area contributed by atoms with Crippen LogP contribution in [0.5, 0.6) is 5.75 Å². The van der Waals surface area contributed by atoms with E-state index in [-0.39, 0.29) is 11.7 Å². The SMILES string of the molecule is COc1cccnc1C(=O)C1CCCC1CN. The van der Waals surface area contributed by atoms with Gasteiger partial charge in [-0.25, -0.2) is 4.98 Å². The fourth-order valence-corrected chi connectivity index (χ4v) is 2.58. The second kappa shape index (κ2) is 5.27. The van der Waals surface area contributed by atoms with E-state index < -0.39 is 0 Å². The predicted molar refractivity (Wildman–Crippen MR) is 65.0 cm³/mol. The Kier molecular flexibility index (Phi) is 3.74. The van der Waals surface area contributed by atoms with Gasteiger partial charge in [-0.2, -0.15) is 0 Å². The van der Waals surface area contributed by atoms with Crippen molar-refractivity contribution in [1.82, 2.24) is 4.98 Å². The van der Waals surface area contributed by atoms with Crippen LogP contribution in [0.1, 0.15) is 29.8 Å². The fraction of sp³-hybridized carbons (Fsp3) is 0.538. The van der Waals surface area contributed by atoms with Crippen molar-refractivity contribution in [3.05, 3.63) is 24.0 Å². The van der Waals surface area contributed by atoms with Gasteiger partial charge >= 0.3 is 0 Å². The minimum absolute atomic E-state index is 0.0174. The largest absolute Gasteiger partial charge is 0.494 e. The summed E-state index contributed by atoms with van der Waals surface area (Å²) in [6.07, 6.45) is 4.66. The fourth-order valence-electron chi connectivity index (χ4n) is 2.58. The molecule has 1 aromatic heterocycles. The van der Waals surface area contributed by atoms with E-state index in [0.29, 0.717) is 23.9 Å². The van der Waals surface area contributed by atoms with Gasteiger partial charge in [-0.15, -0.1) is 0 Å². The Morgan fingerprint density at radius 2 is 2.41 bits per heavy atom. The number of nitrogens with zero attached hydrogens (tertiary/aromatic N) is 1. The minimum Gasteiger partial charge on any atom is -0.494 e. The number of carbonyl (C=O) groups excluding carboxylic acids is 1. The number of methoxy groups -OCH3 is 1. The molecule has 0 radical (unpaired) electrons. The maximum atomic E-state index is 12.4. The summed E-state index contributed by atoms with van der Waals surface area (Å²) in [6.45, 7) is 0.575. The number of pyridine rings is 1. The van der Waals surface area contributed by atoms with E-state index in [4.69, 9.17) is 10.5 Å². The van der Waals surface area contributed by atoms with E-state index in [2.05, 4.69) is 4.98 Å². The molecule has 0 aliphatic heterocycles. The standard InChI is InChI=1S/C13H18N2O2/c1-17-11-6-3-7-15-12(11)13(16)10-5-2-4-9(10)8-14/h3,6-7,9-10H,2,4-5,8,14H2,1H3. The number of rotatable bonds is 4. The normalized spacial score (nSPS) is 23.6. The van der Waals surface area contributed by atoms with Crippen molar-refractivity contribution in [2.45, 2.75) is 19.3 Å². The van der Waals surface area contributed by atoms with Crippen LogP contribution in [-0.4, -0.2) is 24.4 Å². The van der Waals surface area contributed by atoms with E-state index in [9.17, 15) is 4.79 Å². The smallest absolute Gasteiger partial charge is 0.188 e. The molecular formula is C13H18N2O2. The number of carbonyl (C=O) groups is 1. The molecule has 0 aromatic carbocycles. The van der Waals surface area contributed by atoms with Gasteiger partial charge in [0.15, 0.2) is 5.78 Å². The molecule has 1 aromatic rings. The first-order chi connectivity index (χ1) is 8.27. The van der Waals surface area contributed by atoms with Crippen LogP contribution in [0.4, 0.5) is 0 Å². The van der Waals surface area contributed by atoms with Crippen LogP contribution in [0, 0.1) is 11.8 Å². The van der Waals surface area contributed by atoms with Gasteiger partial charge < -0.3 is 10.5 Å². The van der Waals surface area contributed by atoms with Gasteiger partial charge in [0.2, 0.25) is 0 Å². The van der Waals surface area contributed by atoms with E-state index >= 15 is 0 Å². The Balaban J connectivity index is 2.24. The number of Topliss-reactive ketones (excluding diaryl/α,β-unsaturated/α-hetero) is 1. The lowest BCUT2D eigenvalue weighted by Gasteiger charge is -2.17. The number of ketones is 1. The van der Waals surface area contributed by atoms with Gasteiger partial charge in [-0.3, -0.25) is 4.79 Å². The molecule has 2 atom stereocenters. The van der Waals surface area contributed by atoms with Gasteiger partial charge in [-0.1, -0.05) is 6.42 Å². The molecule has 17 heavy (non-hydrogen) atoms. The Morgan fingerprint density at radius 1 is 1.59 bits per heavy atom. The molecule has 92 valence electrons. The second-order valence-electron chi connectivity index (χ2n) is 4.45. The highest BCUT2D eigenvalue weighted by atomic mass is 16.5. The summed E-state index contributed by atoms with van der Waals surface area (Å²) in [5.41, 5.74) is 6.15. The Morgan fingerprint density at radius 3 is 3.12 bits per heavy atom. The molecule has 2 unspecified atom stereocenters. The van der Waals surface area contributed by atoms with Crippen LogP contribution < -0.4 is 10.5 Å². The average Bonchev–Trinajstić information content (AvgIpc) is 2.86.